The number of hydrogen-bond donors (Lipinski definition) is 3. The first-order valence-electron chi connectivity index (χ1n) is 13.7. The van der Waals surface area contributed by atoms with Gasteiger partial charge in [0.15, 0.2) is 0 Å². The van der Waals surface area contributed by atoms with E-state index in [-0.39, 0.29) is 23.6 Å². The number of phenols is 1. The first-order chi connectivity index (χ1) is 17.8. The summed E-state index contributed by atoms with van der Waals surface area (Å²) in [6.07, 6.45) is 6.46. The molecule has 0 fully saturated rings. The fraction of sp³-hybridized carbons (Fsp3) is 0.690. The smallest absolute Gasteiger partial charge is 0.408 e. The number of para-hydroxylation sites is 1. The number of rotatable bonds is 15. The lowest BCUT2D eigenvalue weighted by molar-refractivity contribution is -0.143. The molecule has 0 aliphatic rings. The van der Waals surface area contributed by atoms with Gasteiger partial charge in [-0.05, 0) is 72.0 Å². The van der Waals surface area contributed by atoms with Gasteiger partial charge in [0.1, 0.15) is 23.4 Å². The molecule has 0 radical (unpaired) electrons. The number of aromatic hydroxyl groups is 1. The van der Waals surface area contributed by atoms with Crippen LogP contribution in [0, 0.1) is 6.92 Å². The van der Waals surface area contributed by atoms with Crippen molar-refractivity contribution in [2.24, 2.45) is 0 Å². The van der Waals surface area contributed by atoms with Crippen LogP contribution in [0.1, 0.15) is 97.2 Å². The minimum absolute atomic E-state index is 0.0130. The summed E-state index contributed by atoms with van der Waals surface area (Å²) in [5, 5.41) is 16.6. The monoisotopic (exact) mass is 551 g/mol. The van der Waals surface area contributed by atoms with E-state index in [0.29, 0.717) is 36.3 Å². The van der Waals surface area contributed by atoms with E-state index in [9.17, 15) is 19.5 Å². The maximum Gasteiger partial charge on any atom is 0.408 e. The summed E-state index contributed by atoms with van der Waals surface area (Å²) in [6, 6.07) is 3.13. The van der Waals surface area contributed by atoms with E-state index in [1.165, 1.54) is 4.90 Å². The fourth-order valence-corrected chi connectivity index (χ4v) is 4.58. The number of carbonyl (C=O) groups excluding carboxylic acids is 3. The van der Waals surface area contributed by atoms with Crippen LogP contribution in [0.5, 0.6) is 5.75 Å². The molecule has 1 aromatic rings. The molecular formula is C29H49N3O5S. The number of benzene rings is 1. The number of aryl methyl sites for hydroxylation is 1. The maximum atomic E-state index is 14.2. The number of thioether (sulfide) groups is 1. The van der Waals surface area contributed by atoms with Gasteiger partial charge in [0.05, 0.1) is 0 Å². The number of nitrogens with one attached hydrogen (secondary N) is 2. The van der Waals surface area contributed by atoms with Crippen molar-refractivity contribution < 1.29 is 24.2 Å². The zero-order valence-electron chi connectivity index (χ0n) is 24.6. The Hall–Kier alpha value is -2.42. The molecule has 8 nitrogen and oxygen atoms in total. The molecule has 3 N–H and O–H groups in total. The molecule has 0 bridgehead atoms. The SMILES string of the molecule is CCCCCCCN(C(=O)C(CCSC)NC(=O)OC(C)(C)C)C(C(=O)NC(C)C)c1cccc(C)c1O. The van der Waals surface area contributed by atoms with Crippen LogP contribution in [0.15, 0.2) is 18.2 Å². The van der Waals surface area contributed by atoms with Crippen molar-refractivity contribution in [1.82, 2.24) is 15.5 Å². The number of alkyl carbamates (subject to hydrolysis) is 1. The van der Waals surface area contributed by atoms with Crippen molar-refractivity contribution >= 4 is 29.7 Å². The third kappa shape index (κ3) is 11.5. The summed E-state index contributed by atoms with van der Waals surface area (Å²) in [7, 11) is 0. The predicted molar refractivity (Wildman–Crippen MR) is 155 cm³/mol. The van der Waals surface area contributed by atoms with Crippen molar-refractivity contribution in [2.45, 2.75) is 111 Å². The molecule has 3 amide bonds. The van der Waals surface area contributed by atoms with Crippen LogP contribution in [0.25, 0.3) is 0 Å². The summed E-state index contributed by atoms with van der Waals surface area (Å²) >= 11 is 1.57. The summed E-state index contributed by atoms with van der Waals surface area (Å²) in [6.45, 7) is 13.2. The minimum Gasteiger partial charge on any atom is -0.507 e. The first-order valence-corrected chi connectivity index (χ1v) is 15.1. The summed E-state index contributed by atoms with van der Waals surface area (Å²) in [5.74, 6) is -0.121. The van der Waals surface area contributed by atoms with E-state index < -0.39 is 23.8 Å². The summed E-state index contributed by atoms with van der Waals surface area (Å²) in [4.78, 5) is 42.0. The number of ether oxygens (including phenoxy) is 1. The van der Waals surface area contributed by atoms with Gasteiger partial charge in [0.25, 0.3) is 0 Å². The maximum absolute atomic E-state index is 14.2. The summed E-state index contributed by atoms with van der Waals surface area (Å²) in [5.41, 5.74) is 0.264. The lowest BCUT2D eigenvalue weighted by Gasteiger charge is -2.35. The van der Waals surface area contributed by atoms with E-state index in [2.05, 4.69) is 17.6 Å². The van der Waals surface area contributed by atoms with E-state index in [4.69, 9.17) is 4.74 Å². The van der Waals surface area contributed by atoms with Crippen molar-refractivity contribution in [1.29, 1.82) is 0 Å². The Labute approximate surface area is 233 Å². The second kappa shape index (κ2) is 16.5. The van der Waals surface area contributed by atoms with Crippen LogP contribution in [0.4, 0.5) is 4.79 Å². The molecule has 2 atom stereocenters. The number of carbonyl (C=O) groups is 3. The van der Waals surface area contributed by atoms with E-state index in [1.54, 1.807) is 57.7 Å². The van der Waals surface area contributed by atoms with Gasteiger partial charge in [-0.2, -0.15) is 11.8 Å². The van der Waals surface area contributed by atoms with Crippen LogP contribution in [-0.4, -0.2) is 64.2 Å². The first kappa shape index (κ1) is 33.6. The molecule has 9 heteroatoms. The van der Waals surface area contributed by atoms with Gasteiger partial charge in [0.2, 0.25) is 11.8 Å². The highest BCUT2D eigenvalue weighted by Crippen LogP contribution is 2.33. The molecule has 38 heavy (non-hydrogen) atoms. The number of nitrogens with zero attached hydrogens (tertiary/aromatic N) is 1. The predicted octanol–water partition coefficient (Wildman–Crippen LogP) is 5.71. The molecule has 0 heterocycles. The molecular weight excluding hydrogens is 502 g/mol. The van der Waals surface area contributed by atoms with Gasteiger partial charge >= 0.3 is 6.09 Å². The van der Waals surface area contributed by atoms with Crippen molar-refractivity contribution in [2.75, 3.05) is 18.6 Å². The van der Waals surface area contributed by atoms with E-state index >= 15 is 0 Å². The zero-order chi connectivity index (χ0) is 28.9. The Morgan fingerprint density at radius 1 is 1.08 bits per heavy atom. The van der Waals surface area contributed by atoms with Crippen LogP contribution < -0.4 is 10.6 Å². The molecule has 2 unspecified atom stereocenters. The molecule has 216 valence electrons. The van der Waals surface area contributed by atoms with Crippen molar-refractivity contribution in [3.8, 4) is 5.75 Å². The molecule has 0 saturated carbocycles. The molecule has 0 aliphatic carbocycles. The van der Waals surface area contributed by atoms with Gasteiger partial charge in [-0.1, -0.05) is 50.8 Å². The third-order valence-corrected chi connectivity index (χ3v) is 6.58. The average molecular weight is 552 g/mol. The summed E-state index contributed by atoms with van der Waals surface area (Å²) < 4.78 is 5.44. The Balaban J connectivity index is 3.51. The van der Waals surface area contributed by atoms with Crippen LogP contribution >= 0.6 is 11.8 Å². The molecule has 1 rings (SSSR count). The Morgan fingerprint density at radius 3 is 2.32 bits per heavy atom. The van der Waals surface area contributed by atoms with Crippen molar-refractivity contribution in [3.63, 3.8) is 0 Å². The van der Waals surface area contributed by atoms with Gasteiger partial charge in [-0.25, -0.2) is 4.79 Å². The van der Waals surface area contributed by atoms with Gasteiger partial charge in [-0.3, -0.25) is 9.59 Å². The molecule has 0 spiro atoms. The zero-order valence-corrected chi connectivity index (χ0v) is 25.4. The number of phenolic OH excluding ortho intramolecular Hbond substituents is 1. The normalized spacial score (nSPS) is 13.1. The number of amides is 3. The Kier molecular flexibility index (Phi) is 14.6. The number of hydrogen-bond acceptors (Lipinski definition) is 6. The van der Waals surface area contributed by atoms with Gasteiger partial charge in [-0.15, -0.1) is 0 Å². The van der Waals surface area contributed by atoms with Gasteiger partial charge < -0.3 is 25.4 Å². The highest BCUT2D eigenvalue weighted by molar-refractivity contribution is 7.98. The molecule has 0 saturated heterocycles. The lowest BCUT2D eigenvalue weighted by atomic mass is 9.98. The van der Waals surface area contributed by atoms with Crippen molar-refractivity contribution in [3.05, 3.63) is 29.3 Å². The Morgan fingerprint density at radius 2 is 1.74 bits per heavy atom. The quantitative estimate of drug-likeness (QED) is 0.241. The minimum atomic E-state index is -1.05. The Bertz CT molecular complexity index is 901. The van der Waals surface area contributed by atoms with E-state index in [0.717, 1.165) is 25.7 Å². The second-order valence-electron chi connectivity index (χ2n) is 11.0. The number of unbranched alkanes of at least 4 members (excludes halogenated alkanes) is 4. The average Bonchev–Trinajstić information content (AvgIpc) is 2.81. The lowest BCUT2D eigenvalue weighted by Crippen LogP contribution is -2.54. The highest BCUT2D eigenvalue weighted by Gasteiger charge is 2.37. The second-order valence-corrected chi connectivity index (χ2v) is 12.0. The van der Waals surface area contributed by atoms with Crippen LogP contribution in [-0.2, 0) is 14.3 Å². The molecule has 0 aliphatic heterocycles. The highest BCUT2D eigenvalue weighted by atomic mass is 32.2. The van der Waals surface area contributed by atoms with Crippen LogP contribution in [0.2, 0.25) is 0 Å². The third-order valence-electron chi connectivity index (χ3n) is 5.94. The fourth-order valence-electron chi connectivity index (χ4n) is 4.11. The van der Waals surface area contributed by atoms with Gasteiger partial charge in [0, 0.05) is 18.2 Å². The largest absolute Gasteiger partial charge is 0.507 e. The topological polar surface area (TPSA) is 108 Å². The van der Waals surface area contributed by atoms with E-state index in [1.807, 2.05) is 20.1 Å². The molecule has 1 aromatic carbocycles. The molecule has 0 aromatic heterocycles. The standard InChI is InChI=1S/C29H49N3O5S/c1-9-10-11-12-13-18-32(27(35)23(17-19-38-8)31-28(36)37-29(5,6)7)24(26(34)30-20(2)3)22-16-14-15-21(4)25(22)33/h14-16,20,23-24,33H,9-13,17-19H2,1-8H3,(H,30,34)(H,31,36). The van der Waals surface area contributed by atoms with Crippen LogP contribution in [0.3, 0.4) is 0 Å².